The summed E-state index contributed by atoms with van der Waals surface area (Å²) < 4.78 is 5.17. The standard InChI is InChI=1S/C21H25N3O4S/c1-3-22-19(25)13-18-20(26)24(14-17-5-4-12-29-17)21(27)23(18)11-10-15-6-8-16(28-2)9-7-15/h4-9,12,18H,3,10-11,13-14H2,1-2H3,(H,22,25)/t18-/m1/s1. The number of amides is 4. The number of nitrogens with zero attached hydrogens (tertiary/aromatic N) is 2. The number of ether oxygens (including phenoxy) is 1. The summed E-state index contributed by atoms with van der Waals surface area (Å²) in [5, 5.41) is 4.63. The summed E-state index contributed by atoms with van der Waals surface area (Å²) in [7, 11) is 1.61. The Morgan fingerprint density at radius 3 is 2.59 bits per heavy atom. The lowest BCUT2D eigenvalue weighted by Gasteiger charge is -2.21. The maximum atomic E-state index is 13.0. The first-order valence-corrected chi connectivity index (χ1v) is 10.5. The van der Waals surface area contributed by atoms with Gasteiger partial charge in [0.2, 0.25) is 5.91 Å². The van der Waals surface area contributed by atoms with E-state index in [-0.39, 0.29) is 30.8 Å². The molecule has 0 aliphatic carbocycles. The van der Waals surface area contributed by atoms with Crippen molar-refractivity contribution in [2.45, 2.75) is 32.4 Å². The largest absolute Gasteiger partial charge is 0.497 e. The van der Waals surface area contributed by atoms with Crippen molar-refractivity contribution < 1.29 is 19.1 Å². The molecule has 1 aliphatic rings. The van der Waals surface area contributed by atoms with Crippen LogP contribution in [0.25, 0.3) is 0 Å². The lowest BCUT2D eigenvalue weighted by Crippen LogP contribution is -2.40. The average Bonchev–Trinajstić information content (AvgIpc) is 3.31. The molecule has 2 aromatic rings. The second kappa shape index (κ2) is 9.56. The van der Waals surface area contributed by atoms with E-state index in [1.54, 1.807) is 7.11 Å². The van der Waals surface area contributed by atoms with Gasteiger partial charge in [-0.2, -0.15) is 0 Å². The summed E-state index contributed by atoms with van der Waals surface area (Å²) >= 11 is 1.50. The molecule has 1 fully saturated rings. The molecule has 0 spiro atoms. The molecule has 8 heteroatoms. The molecule has 29 heavy (non-hydrogen) atoms. The number of methoxy groups -OCH3 is 1. The van der Waals surface area contributed by atoms with Crippen LogP contribution in [-0.2, 0) is 22.6 Å². The fourth-order valence-corrected chi connectivity index (χ4v) is 4.03. The molecule has 1 N–H and O–H groups in total. The third-order valence-corrected chi connectivity index (χ3v) is 5.71. The van der Waals surface area contributed by atoms with Crippen LogP contribution in [0.5, 0.6) is 5.75 Å². The quantitative estimate of drug-likeness (QED) is 0.639. The second-order valence-electron chi connectivity index (χ2n) is 6.75. The highest BCUT2D eigenvalue weighted by molar-refractivity contribution is 7.09. The van der Waals surface area contributed by atoms with E-state index in [1.807, 2.05) is 48.7 Å². The highest BCUT2D eigenvalue weighted by Crippen LogP contribution is 2.24. The van der Waals surface area contributed by atoms with Gasteiger partial charge in [-0.25, -0.2) is 4.79 Å². The van der Waals surface area contributed by atoms with E-state index in [1.165, 1.54) is 21.1 Å². The zero-order valence-electron chi connectivity index (χ0n) is 16.6. The van der Waals surface area contributed by atoms with Crippen LogP contribution in [0.2, 0.25) is 0 Å². The normalized spacial score (nSPS) is 16.4. The third kappa shape index (κ3) is 4.95. The van der Waals surface area contributed by atoms with Crippen molar-refractivity contribution in [3.8, 4) is 5.75 Å². The van der Waals surface area contributed by atoms with Gasteiger partial charge in [0, 0.05) is 18.0 Å². The van der Waals surface area contributed by atoms with Crippen molar-refractivity contribution in [3.63, 3.8) is 0 Å². The fraction of sp³-hybridized carbons (Fsp3) is 0.381. The molecule has 7 nitrogen and oxygen atoms in total. The van der Waals surface area contributed by atoms with Crippen molar-refractivity contribution in [2.24, 2.45) is 0 Å². The van der Waals surface area contributed by atoms with Gasteiger partial charge in [0.25, 0.3) is 5.91 Å². The Morgan fingerprint density at radius 1 is 1.21 bits per heavy atom. The van der Waals surface area contributed by atoms with Crippen LogP contribution in [-0.4, -0.2) is 53.9 Å². The van der Waals surface area contributed by atoms with Crippen molar-refractivity contribution >= 4 is 29.2 Å². The predicted molar refractivity (Wildman–Crippen MR) is 111 cm³/mol. The van der Waals surface area contributed by atoms with E-state index < -0.39 is 6.04 Å². The first-order chi connectivity index (χ1) is 14.0. The lowest BCUT2D eigenvalue weighted by molar-refractivity contribution is -0.132. The van der Waals surface area contributed by atoms with Crippen LogP contribution in [0.1, 0.15) is 23.8 Å². The van der Waals surface area contributed by atoms with Crippen molar-refractivity contribution in [3.05, 3.63) is 52.2 Å². The van der Waals surface area contributed by atoms with Gasteiger partial charge in [-0.15, -0.1) is 11.3 Å². The first kappa shape index (κ1) is 20.9. The molecule has 1 atom stereocenters. The van der Waals surface area contributed by atoms with Crippen LogP contribution in [0.4, 0.5) is 4.79 Å². The number of nitrogens with one attached hydrogen (secondary N) is 1. The summed E-state index contributed by atoms with van der Waals surface area (Å²) in [6.45, 7) is 2.91. The number of thiophene rings is 1. The fourth-order valence-electron chi connectivity index (χ4n) is 3.34. The zero-order valence-corrected chi connectivity index (χ0v) is 17.4. The van der Waals surface area contributed by atoms with Crippen LogP contribution in [0.3, 0.4) is 0 Å². The maximum absolute atomic E-state index is 13.0. The number of benzene rings is 1. The molecule has 1 saturated heterocycles. The molecular weight excluding hydrogens is 390 g/mol. The molecule has 0 radical (unpaired) electrons. The topological polar surface area (TPSA) is 79.0 Å². The minimum absolute atomic E-state index is 0.0258. The average molecular weight is 416 g/mol. The SMILES string of the molecule is CCNC(=O)C[C@@H]1C(=O)N(Cc2cccs2)C(=O)N1CCc1ccc(OC)cc1. The van der Waals surface area contributed by atoms with Gasteiger partial charge >= 0.3 is 6.03 Å². The minimum Gasteiger partial charge on any atom is -0.497 e. The minimum atomic E-state index is -0.771. The first-order valence-electron chi connectivity index (χ1n) is 9.57. The molecule has 4 amide bonds. The van der Waals surface area contributed by atoms with E-state index >= 15 is 0 Å². The molecule has 1 aromatic carbocycles. The Kier molecular flexibility index (Phi) is 6.87. The van der Waals surface area contributed by atoms with E-state index in [0.717, 1.165) is 16.2 Å². The maximum Gasteiger partial charge on any atom is 0.327 e. The van der Waals surface area contributed by atoms with E-state index in [4.69, 9.17) is 4.74 Å². The van der Waals surface area contributed by atoms with Gasteiger partial charge in [0.15, 0.2) is 0 Å². The number of carbonyl (C=O) groups excluding carboxylic acids is 3. The molecule has 0 bridgehead atoms. The highest BCUT2D eigenvalue weighted by atomic mass is 32.1. The smallest absolute Gasteiger partial charge is 0.327 e. The van der Waals surface area contributed by atoms with Crippen molar-refractivity contribution in [1.82, 2.24) is 15.1 Å². The summed E-state index contributed by atoms with van der Waals surface area (Å²) in [6, 6.07) is 10.3. The van der Waals surface area contributed by atoms with Gasteiger partial charge in [-0.1, -0.05) is 18.2 Å². The molecule has 3 rings (SSSR count). The van der Waals surface area contributed by atoms with Crippen LogP contribution >= 0.6 is 11.3 Å². The van der Waals surface area contributed by atoms with Gasteiger partial charge in [0.1, 0.15) is 11.8 Å². The summed E-state index contributed by atoms with van der Waals surface area (Å²) in [6.07, 6.45) is 0.559. The predicted octanol–water partition coefficient (Wildman–Crippen LogP) is 2.66. The summed E-state index contributed by atoms with van der Waals surface area (Å²) in [4.78, 5) is 41.8. The number of rotatable bonds is 9. The third-order valence-electron chi connectivity index (χ3n) is 4.85. The number of urea groups is 1. The summed E-state index contributed by atoms with van der Waals surface area (Å²) in [5.41, 5.74) is 1.03. The number of carbonyl (C=O) groups is 3. The number of hydrogen-bond donors (Lipinski definition) is 1. The molecule has 0 saturated carbocycles. The number of hydrogen-bond acceptors (Lipinski definition) is 5. The molecule has 154 valence electrons. The van der Waals surface area contributed by atoms with Gasteiger partial charge < -0.3 is 15.0 Å². The number of imide groups is 1. The molecule has 1 aliphatic heterocycles. The summed E-state index contributed by atoms with van der Waals surface area (Å²) in [5.74, 6) is 0.216. The molecular formula is C21H25N3O4S. The Balaban J connectivity index is 1.74. The van der Waals surface area contributed by atoms with Crippen LogP contribution < -0.4 is 10.1 Å². The Hall–Kier alpha value is -2.87. The van der Waals surface area contributed by atoms with E-state index in [2.05, 4.69) is 5.32 Å². The molecule has 0 unspecified atom stereocenters. The monoisotopic (exact) mass is 415 g/mol. The van der Waals surface area contributed by atoms with Gasteiger partial charge in [-0.05, 0) is 42.5 Å². The van der Waals surface area contributed by atoms with Crippen LogP contribution in [0, 0.1) is 0 Å². The van der Waals surface area contributed by atoms with E-state index in [0.29, 0.717) is 19.5 Å². The van der Waals surface area contributed by atoms with E-state index in [9.17, 15) is 14.4 Å². The Bertz CT molecular complexity index is 851. The molecule has 1 aromatic heterocycles. The Labute approximate surface area is 174 Å². The van der Waals surface area contributed by atoms with Crippen molar-refractivity contribution in [1.29, 1.82) is 0 Å². The highest BCUT2D eigenvalue weighted by Gasteiger charge is 2.45. The lowest BCUT2D eigenvalue weighted by atomic mass is 10.1. The van der Waals surface area contributed by atoms with Gasteiger partial charge in [0.05, 0.1) is 20.1 Å². The Morgan fingerprint density at radius 2 is 1.97 bits per heavy atom. The van der Waals surface area contributed by atoms with Gasteiger partial charge in [-0.3, -0.25) is 14.5 Å². The second-order valence-corrected chi connectivity index (χ2v) is 7.78. The zero-order chi connectivity index (χ0) is 20.8. The van der Waals surface area contributed by atoms with Crippen LogP contribution in [0.15, 0.2) is 41.8 Å². The molecule has 2 heterocycles. The van der Waals surface area contributed by atoms with Crippen molar-refractivity contribution in [2.75, 3.05) is 20.2 Å².